The molecule has 0 spiro atoms. The van der Waals surface area contributed by atoms with E-state index in [4.69, 9.17) is 4.74 Å². The minimum Gasteiger partial charge on any atom is -0.496 e. The fourth-order valence-corrected chi connectivity index (χ4v) is 5.22. The Morgan fingerprint density at radius 2 is 1.92 bits per heavy atom. The highest BCUT2D eigenvalue weighted by Gasteiger charge is 2.35. The van der Waals surface area contributed by atoms with Crippen LogP contribution in [-0.4, -0.2) is 19.4 Å². The molecular formula is C22H29NOS. The van der Waals surface area contributed by atoms with E-state index < -0.39 is 0 Å². The summed E-state index contributed by atoms with van der Waals surface area (Å²) >= 11 is 2.00. The summed E-state index contributed by atoms with van der Waals surface area (Å²) in [6.07, 6.45) is 3.71. The average Bonchev–Trinajstić information content (AvgIpc) is 2.80. The summed E-state index contributed by atoms with van der Waals surface area (Å²) < 4.78 is 5.59. The van der Waals surface area contributed by atoms with E-state index >= 15 is 0 Å². The van der Waals surface area contributed by atoms with Gasteiger partial charge in [0.25, 0.3) is 0 Å². The standard InChI is InChI=1S/C22H29NOS/c1-5-12-22(6-2)15-23(18-10-8-7-9-11-18)19-13-17(3)20(24-4)14-21(19)25-16-22/h7-11,13-14H,5-6,12,15-16H2,1-4H3. The van der Waals surface area contributed by atoms with Crippen molar-refractivity contribution in [2.24, 2.45) is 5.41 Å². The Balaban J connectivity index is 2.12. The summed E-state index contributed by atoms with van der Waals surface area (Å²) in [4.78, 5) is 3.86. The van der Waals surface area contributed by atoms with Crippen LogP contribution in [0.5, 0.6) is 5.75 Å². The molecule has 3 heteroatoms. The second-order valence-corrected chi connectivity index (χ2v) is 8.12. The second-order valence-electron chi connectivity index (χ2n) is 7.10. The van der Waals surface area contributed by atoms with Gasteiger partial charge in [-0.25, -0.2) is 0 Å². The maximum absolute atomic E-state index is 5.59. The van der Waals surface area contributed by atoms with Crippen LogP contribution in [0.3, 0.4) is 0 Å². The van der Waals surface area contributed by atoms with Crippen LogP contribution < -0.4 is 9.64 Å². The zero-order valence-electron chi connectivity index (χ0n) is 15.8. The molecule has 1 aliphatic rings. The van der Waals surface area contributed by atoms with Crippen LogP contribution in [0.1, 0.15) is 38.7 Å². The molecule has 0 N–H and O–H groups in total. The summed E-state index contributed by atoms with van der Waals surface area (Å²) in [6.45, 7) is 7.87. The van der Waals surface area contributed by atoms with Crippen molar-refractivity contribution in [2.45, 2.75) is 44.9 Å². The lowest BCUT2D eigenvalue weighted by Crippen LogP contribution is -2.35. The highest BCUT2D eigenvalue weighted by Crippen LogP contribution is 2.48. The predicted molar refractivity (Wildman–Crippen MR) is 110 cm³/mol. The first-order chi connectivity index (χ1) is 12.1. The lowest BCUT2D eigenvalue weighted by atomic mass is 9.82. The SMILES string of the molecule is CCCC1(CC)CSc2cc(OC)c(C)cc2N(c2ccccc2)C1. The molecule has 25 heavy (non-hydrogen) atoms. The molecular weight excluding hydrogens is 326 g/mol. The molecule has 0 aromatic heterocycles. The number of thioether (sulfide) groups is 1. The van der Waals surface area contributed by atoms with Crippen LogP contribution in [0.2, 0.25) is 0 Å². The van der Waals surface area contributed by atoms with E-state index in [9.17, 15) is 0 Å². The number of anilines is 2. The van der Waals surface area contributed by atoms with Crippen LogP contribution in [-0.2, 0) is 0 Å². The first kappa shape index (κ1) is 18.2. The van der Waals surface area contributed by atoms with Gasteiger partial charge in [0, 0.05) is 22.9 Å². The normalized spacial score (nSPS) is 20.1. The summed E-state index contributed by atoms with van der Waals surface area (Å²) in [5, 5.41) is 0. The Kier molecular flexibility index (Phi) is 5.63. The van der Waals surface area contributed by atoms with Crippen molar-refractivity contribution in [3.63, 3.8) is 0 Å². The fraction of sp³-hybridized carbons (Fsp3) is 0.455. The lowest BCUT2D eigenvalue weighted by molar-refractivity contribution is 0.301. The molecule has 0 amide bonds. The second kappa shape index (κ2) is 7.74. The number of fused-ring (bicyclic) bond motifs is 1. The van der Waals surface area contributed by atoms with E-state index in [0.717, 1.165) is 12.3 Å². The number of hydrogen-bond donors (Lipinski definition) is 0. The van der Waals surface area contributed by atoms with Gasteiger partial charge in [-0.05, 0) is 55.0 Å². The molecule has 2 nitrogen and oxygen atoms in total. The van der Waals surface area contributed by atoms with Gasteiger partial charge in [-0.3, -0.25) is 0 Å². The molecule has 0 bridgehead atoms. The molecule has 0 saturated heterocycles. The van der Waals surface area contributed by atoms with Gasteiger partial charge in [0.05, 0.1) is 12.8 Å². The van der Waals surface area contributed by atoms with E-state index in [-0.39, 0.29) is 0 Å². The topological polar surface area (TPSA) is 12.5 Å². The molecule has 0 saturated carbocycles. The number of nitrogens with zero attached hydrogens (tertiary/aromatic N) is 1. The largest absolute Gasteiger partial charge is 0.496 e. The molecule has 1 aliphatic heterocycles. The number of rotatable bonds is 5. The lowest BCUT2D eigenvalue weighted by Gasteiger charge is -2.36. The molecule has 1 unspecified atom stereocenters. The Hall–Kier alpha value is -1.61. The van der Waals surface area contributed by atoms with Gasteiger partial charge >= 0.3 is 0 Å². The average molecular weight is 356 g/mol. The van der Waals surface area contributed by atoms with Gasteiger partial charge < -0.3 is 9.64 Å². The zero-order valence-corrected chi connectivity index (χ0v) is 16.7. The fourth-order valence-electron chi connectivity index (χ4n) is 3.81. The van der Waals surface area contributed by atoms with Gasteiger partial charge in [-0.1, -0.05) is 38.5 Å². The number of para-hydroxylation sites is 1. The Morgan fingerprint density at radius 3 is 2.56 bits per heavy atom. The highest BCUT2D eigenvalue weighted by molar-refractivity contribution is 7.99. The minimum atomic E-state index is 0.343. The smallest absolute Gasteiger partial charge is 0.123 e. The molecule has 0 fully saturated rings. The van der Waals surface area contributed by atoms with Crippen molar-refractivity contribution >= 4 is 23.1 Å². The van der Waals surface area contributed by atoms with Crippen molar-refractivity contribution in [1.29, 1.82) is 0 Å². The van der Waals surface area contributed by atoms with Crippen LogP contribution in [0.15, 0.2) is 47.4 Å². The maximum Gasteiger partial charge on any atom is 0.123 e. The highest BCUT2D eigenvalue weighted by atomic mass is 32.2. The van der Waals surface area contributed by atoms with E-state index in [1.807, 2.05) is 11.8 Å². The number of hydrogen-bond acceptors (Lipinski definition) is 3. The van der Waals surface area contributed by atoms with Gasteiger partial charge in [0.1, 0.15) is 5.75 Å². The molecule has 2 aromatic carbocycles. The quantitative estimate of drug-likeness (QED) is 0.612. The molecule has 2 aromatic rings. The van der Waals surface area contributed by atoms with Crippen molar-refractivity contribution in [3.05, 3.63) is 48.0 Å². The van der Waals surface area contributed by atoms with Crippen molar-refractivity contribution in [2.75, 3.05) is 24.3 Å². The third-order valence-electron chi connectivity index (χ3n) is 5.39. The van der Waals surface area contributed by atoms with Crippen molar-refractivity contribution in [3.8, 4) is 5.75 Å². The van der Waals surface area contributed by atoms with Gasteiger partial charge in [-0.15, -0.1) is 11.8 Å². The van der Waals surface area contributed by atoms with E-state index in [1.165, 1.54) is 46.8 Å². The Labute approximate surface area is 156 Å². The van der Waals surface area contributed by atoms with Crippen LogP contribution in [0.25, 0.3) is 0 Å². The van der Waals surface area contributed by atoms with Gasteiger partial charge in [-0.2, -0.15) is 0 Å². The number of methoxy groups -OCH3 is 1. The Morgan fingerprint density at radius 1 is 1.16 bits per heavy atom. The van der Waals surface area contributed by atoms with E-state index in [1.54, 1.807) is 7.11 Å². The number of ether oxygens (including phenoxy) is 1. The molecule has 0 aliphatic carbocycles. The van der Waals surface area contributed by atoms with Crippen LogP contribution >= 0.6 is 11.8 Å². The predicted octanol–water partition coefficient (Wildman–Crippen LogP) is 6.44. The number of benzene rings is 2. The maximum atomic E-state index is 5.59. The minimum absolute atomic E-state index is 0.343. The van der Waals surface area contributed by atoms with Crippen molar-refractivity contribution < 1.29 is 4.74 Å². The van der Waals surface area contributed by atoms with Crippen LogP contribution in [0.4, 0.5) is 11.4 Å². The molecule has 1 heterocycles. The first-order valence-corrected chi connectivity index (χ1v) is 10.2. The zero-order chi connectivity index (χ0) is 17.9. The summed E-state index contributed by atoms with van der Waals surface area (Å²) in [5.74, 6) is 2.15. The first-order valence-electron chi connectivity index (χ1n) is 9.26. The Bertz CT molecular complexity index is 715. The molecule has 0 radical (unpaired) electrons. The summed E-state index contributed by atoms with van der Waals surface area (Å²) in [5.41, 5.74) is 4.14. The van der Waals surface area contributed by atoms with Gasteiger partial charge in [0.2, 0.25) is 0 Å². The molecule has 1 atom stereocenters. The van der Waals surface area contributed by atoms with Crippen LogP contribution in [0, 0.1) is 12.3 Å². The van der Waals surface area contributed by atoms with Gasteiger partial charge in [0.15, 0.2) is 0 Å². The third-order valence-corrected chi connectivity index (χ3v) is 6.79. The number of aryl methyl sites for hydroxylation is 1. The summed E-state index contributed by atoms with van der Waals surface area (Å²) in [7, 11) is 1.76. The van der Waals surface area contributed by atoms with E-state index in [0.29, 0.717) is 5.41 Å². The monoisotopic (exact) mass is 355 g/mol. The summed E-state index contributed by atoms with van der Waals surface area (Å²) in [6, 6.07) is 15.3. The van der Waals surface area contributed by atoms with Crippen molar-refractivity contribution in [1.82, 2.24) is 0 Å². The molecule has 134 valence electrons. The third kappa shape index (κ3) is 3.67. The molecule has 3 rings (SSSR count). The van der Waals surface area contributed by atoms with E-state index in [2.05, 4.69) is 68.1 Å².